The number of hydrogen-bond acceptors (Lipinski definition) is 2. The molecule has 0 spiro atoms. The number of benzene rings is 1. The Balaban J connectivity index is 1.90. The molecule has 1 heterocycles. The minimum absolute atomic E-state index is 0.0659. The molecule has 0 radical (unpaired) electrons. The Morgan fingerprint density at radius 1 is 1.00 bits per heavy atom. The van der Waals surface area contributed by atoms with Crippen molar-refractivity contribution in [2.45, 2.75) is 11.4 Å². The van der Waals surface area contributed by atoms with Gasteiger partial charge in [-0.3, -0.25) is 4.79 Å². The van der Waals surface area contributed by atoms with Crippen molar-refractivity contribution < 1.29 is 0 Å². The summed E-state index contributed by atoms with van der Waals surface area (Å²) >= 11 is 1.76. The van der Waals surface area contributed by atoms with Crippen LogP contribution in [0.15, 0.2) is 64.4 Å². The summed E-state index contributed by atoms with van der Waals surface area (Å²) in [6, 6.07) is 15.5. The molecule has 0 fully saturated rings. The van der Waals surface area contributed by atoms with Crippen molar-refractivity contribution in [3.05, 3.63) is 65.1 Å². The molecule has 16 heavy (non-hydrogen) atoms. The molecule has 3 heteroatoms. The van der Waals surface area contributed by atoms with Gasteiger partial charge in [0.05, 0.1) is 0 Å². The van der Waals surface area contributed by atoms with Crippen molar-refractivity contribution in [1.29, 1.82) is 0 Å². The first-order chi connectivity index (χ1) is 7.86. The van der Waals surface area contributed by atoms with Gasteiger partial charge in [0.25, 0.3) is 5.56 Å². The maximum atomic E-state index is 11.4. The average molecular weight is 231 g/mol. The molecule has 0 saturated heterocycles. The Kier molecular flexibility index (Phi) is 3.83. The molecule has 0 aliphatic carbocycles. The summed E-state index contributed by atoms with van der Waals surface area (Å²) in [4.78, 5) is 12.7. The molecule has 0 unspecified atom stereocenters. The molecule has 2 nitrogen and oxygen atoms in total. The second-order valence-corrected chi connectivity index (χ2v) is 4.56. The number of aromatic nitrogens is 1. The third-order valence-corrected chi connectivity index (χ3v) is 3.24. The van der Waals surface area contributed by atoms with Gasteiger partial charge in [0.15, 0.2) is 0 Å². The van der Waals surface area contributed by atoms with Crippen molar-refractivity contribution in [2.75, 3.05) is 5.75 Å². The molecule has 0 atom stereocenters. The number of aryl methyl sites for hydroxylation is 1. The van der Waals surface area contributed by atoms with Crippen molar-refractivity contribution in [1.82, 2.24) is 4.57 Å². The smallest absolute Gasteiger partial charge is 0.250 e. The lowest BCUT2D eigenvalue weighted by Crippen LogP contribution is -2.18. The van der Waals surface area contributed by atoms with Gasteiger partial charge in [-0.2, -0.15) is 0 Å². The van der Waals surface area contributed by atoms with Gasteiger partial charge in [-0.05, 0) is 18.2 Å². The van der Waals surface area contributed by atoms with E-state index in [9.17, 15) is 4.79 Å². The quantitative estimate of drug-likeness (QED) is 0.755. The van der Waals surface area contributed by atoms with Gasteiger partial charge >= 0.3 is 0 Å². The Morgan fingerprint density at radius 2 is 1.75 bits per heavy atom. The van der Waals surface area contributed by atoms with E-state index in [-0.39, 0.29) is 5.56 Å². The largest absolute Gasteiger partial charge is 0.315 e. The van der Waals surface area contributed by atoms with Gasteiger partial charge in [-0.1, -0.05) is 24.3 Å². The van der Waals surface area contributed by atoms with E-state index in [1.807, 2.05) is 30.5 Å². The Bertz CT molecular complexity index is 493. The summed E-state index contributed by atoms with van der Waals surface area (Å²) in [6.45, 7) is 0.749. The van der Waals surface area contributed by atoms with Crippen LogP contribution in [0.4, 0.5) is 0 Å². The fraction of sp³-hybridized carbons (Fsp3) is 0.154. The van der Waals surface area contributed by atoms with Crippen molar-refractivity contribution in [3.63, 3.8) is 0 Å². The maximum Gasteiger partial charge on any atom is 0.250 e. The van der Waals surface area contributed by atoms with E-state index in [4.69, 9.17) is 0 Å². The first-order valence-electron chi connectivity index (χ1n) is 5.19. The lowest BCUT2D eigenvalue weighted by molar-refractivity contribution is 0.735. The summed E-state index contributed by atoms with van der Waals surface area (Å²) in [5, 5.41) is 0. The molecule has 0 aliphatic rings. The predicted octanol–water partition coefficient (Wildman–Crippen LogP) is 2.64. The molecule has 1 aromatic heterocycles. The second-order valence-electron chi connectivity index (χ2n) is 3.39. The van der Waals surface area contributed by atoms with E-state index >= 15 is 0 Å². The minimum atomic E-state index is 0.0659. The number of pyridine rings is 1. The molecule has 0 saturated carbocycles. The molecular weight excluding hydrogens is 218 g/mol. The van der Waals surface area contributed by atoms with Crippen molar-refractivity contribution in [2.24, 2.45) is 0 Å². The third kappa shape index (κ3) is 3.00. The summed E-state index contributed by atoms with van der Waals surface area (Å²) in [6.07, 6.45) is 1.83. The number of hydrogen-bond donors (Lipinski definition) is 0. The van der Waals surface area contributed by atoms with Crippen LogP contribution in [0.25, 0.3) is 0 Å². The van der Waals surface area contributed by atoms with Crippen molar-refractivity contribution >= 4 is 11.8 Å². The Hall–Kier alpha value is -1.48. The Morgan fingerprint density at radius 3 is 2.50 bits per heavy atom. The monoisotopic (exact) mass is 231 g/mol. The molecule has 2 rings (SSSR count). The topological polar surface area (TPSA) is 22.0 Å². The summed E-state index contributed by atoms with van der Waals surface area (Å²) in [5.74, 6) is 0.911. The van der Waals surface area contributed by atoms with Crippen molar-refractivity contribution in [3.8, 4) is 0 Å². The number of rotatable bonds is 4. The van der Waals surface area contributed by atoms with Crippen LogP contribution < -0.4 is 5.56 Å². The molecule has 2 aromatic rings. The summed E-state index contributed by atoms with van der Waals surface area (Å²) in [5.41, 5.74) is 0.0659. The zero-order valence-electron chi connectivity index (χ0n) is 8.87. The highest BCUT2D eigenvalue weighted by Crippen LogP contribution is 2.16. The molecule has 0 amide bonds. The minimum Gasteiger partial charge on any atom is -0.315 e. The van der Waals surface area contributed by atoms with Crippen LogP contribution in [-0.4, -0.2) is 10.3 Å². The normalized spacial score (nSPS) is 10.2. The van der Waals surface area contributed by atoms with Crippen LogP contribution in [0.5, 0.6) is 0 Å². The van der Waals surface area contributed by atoms with Crippen LogP contribution in [0.2, 0.25) is 0 Å². The lowest BCUT2D eigenvalue weighted by Gasteiger charge is -2.04. The standard InChI is InChI=1S/C13H13NOS/c15-13-8-4-5-9-14(13)10-11-16-12-6-2-1-3-7-12/h1-9H,10-11H2. The molecule has 0 bridgehead atoms. The number of nitrogens with zero attached hydrogens (tertiary/aromatic N) is 1. The van der Waals surface area contributed by atoms with E-state index in [0.29, 0.717) is 0 Å². The Labute approximate surface area is 98.9 Å². The van der Waals surface area contributed by atoms with E-state index in [1.165, 1.54) is 4.90 Å². The fourth-order valence-corrected chi connectivity index (χ4v) is 2.30. The van der Waals surface area contributed by atoms with Gasteiger partial charge in [0, 0.05) is 29.5 Å². The zero-order chi connectivity index (χ0) is 11.2. The van der Waals surface area contributed by atoms with E-state index in [0.717, 1.165) is 12.3 Å². The van der Waals surface area contributed by atoms with Gasteiger partial charge in [-0.15, -0.1) is 11.8 Å². The van der Waals surface area contributed by atoms with Crippen LogP contribution in [0.1, 0.15) is 0 Å². The summed E-state index contributed by atoms with van der Waals surface area (Å²) < 4.78 is 1.73. The molecular formula is C13H13NOS. The zero-order valence-corrected chi connectivity index (χ0v) is 9.69. The summed E-state index contributed by atoms with van der Waals surface area (Å²) in [7, 11) is 0. The van der Waals surface area contributed by atoms with Gasteiger partial charge in [0.1, 0.15) is 0 Å². The molecule has 1 aromatic carbocycles. The average Bonchev–Trinajstić information content (AvgIpc) is 2.33. The fourth-order valence-electron chi connectivity index (χ4n) is 1.42. The van der Waals surface area contributed by atoms with Crippen LogP contribution in [0.3, 0.4) is 0 Å². The van der Waals surface area contributed by atoms with Crippen LogP contribution >= 0.6 is 11.8 Å². The highest BCUT2D eigenvalue weighted by atomic mass is 32.2. The van der Waals surface area contributed by atoms with E-state index in [2.05, 4.69) is 12.1 Å². The SMILES string of the molecule is O=c1ccccn1CCSc1ccccc1. The first kappa shape index (κ1) is 11.0. The predicted molar refractivity (Wildman–Crippen MR) is 67.9 cm³/mol. The molecule has 82 valence electrons. The lowest BCUT2D eigenvalue weighted by atomic mass is 10.4. The van der Waals surface area contributed by atoms with Crippen LogP contribution in [0, 0.1) is 0 Å². The third-order valence-electron chi connectivity index (χ3n) is 2.24. The maximum absolute atomic E-state index is 11.4. The second kappa shape index (κ2) is 5.56. The van der Waals surface area contributed by atoms with Gasteiger partial charge in [-0.25, -0.2) is 0 Å². The molecule has 0 N–H and O–H groups in total. The van der Waals surface area contributed by atoms with E-state index in [1.54, 1.807) is 28.5 Å². The van der Waals surface area contributed by atoms with Gasteiger partial charge < -0.3 is 4.57 Å². The highest BCUT2D eigenvalue weighted by Gasteiger charge is 1.95. The number of thioether (sulfide) groups is 1. The highest BCUT2D eigenvalue weighted by molar-refractivity contribution is 7.99. The molecule has 0 aliphatic heterocycles. The first-order valence-corrected chi connectivity index (χ1v) is 6.18. The van der Waals surface area contributed by atoms with Crippen LogP contribution in [-0.2, 0) is 6.54 Å². The van der Waals surface area contributed by atoms with E-state index < -0.39 is 0 Å². The van der Waals surface area contributed by atoms with Gasteiger partial charge in [0.2, 0.25) is 0 Å².